The second kappa shape index (κ2) is 5.02. The fourth-order valence-corrected chi connectivity index (χ4v) is 2.86. The zero-order valence-electron chi connectivity index (χ0n) is 12.5. The summed E-state index contributed by atoms with van der Waals surface area (Å²) in [5, 5.41) is 0.988. The Bertz CT molecular complexity index is 785. The molecule has 1 aromatic carbocycles. The molecule has 0 fully saturated rings. The van der Waals surface area contributed by atoms with Gasteiger partial charge in [0.05, 0.1) is 0 Å². The summed E-state index contributed by atoms with van der Waals surface area (Å²) in [5.74, 6) is 0.552. The molecule has 1 aliphatic rings. The standard InChI is InChI=1S/C17H18O4/c1-9-15(20-11(3)10(2)18)8-7-13-12-5-4-6-14(12)17(19)21-16(9)13/h7-8,11H,4-6H2,1-3H3/t11-/m1/s1. The molecule has 4 nitrogen and oxygen atoms in total. The van der Waals surface area contributed by atoms with Crippen LogP contribution in [0.1, 0.15) is 37.0 Å². The maximum atomic E-state index is 12.1. The van der Waals surface area contributed by atoms with Crippen LogP contribution in [0.4, 0.5) is 0 Å². The number of carbonyl (C=O) groups excluding carboxylic acids is 1. The summed E-state index contributed by atoms with van der Waals surface area (Å²) in [6.07, 6.45) is 2.20. The summed E-state index contributed by atoms with van der Waals surface area (Å²) in [5.41, 5.74) is 3.03. The van der Waals surface area contributed by atoms with Gasteiger partial charge in [-0.05, 0) is 57.7 Å². The van der Waals surface area contributed by atoms with E-state index in [9.17, 15) is 9.59 Å². The molecule has 0 spiro atoms. The third-order valence-electron chi connectivity index (χ3n) is 4.22. The fourth-order valence-electron chi connectivity index (χ4n) is 2.86. The molecule has 0 N–H and O–H groups in total. The Kier molecular flexibility index (Phi) is 3.32. The van der Waals surface area contributed by atoms with E-state index < -0.39 is 6.10 Å². The van der Waals surface area contributed by atoms with Gasteiger partial charge in [0.1, 0.15) is 11.3 Å². The SMILES string of the molecule is CC(=O)[C@@H](C)Oc1ccc2c3c(c(=O)oc2c1C)CCC3. The zero-order valence-corrected chi connectivity index (χ0v) is 12.5. The number of fused-ring (bicyclic) bond motifs is 3. The summed E-state index contributed by atoms with van der Waals surface area (Å²) in [6.45, 7) is 5.06. The summed E-state index contributed by atoms with van der Waals surface area (Å²) in [4.78, 5) is 23.4. The van der Waals surface area contributed by atoms with E-state index in [2.05, 4.69) is 0 Å². The molecule has 0 radical (unpaired) electrons. The van der Waals surface area contributed by atoms with Gasteiger partial charge >= 0.3 is 5.63 Å². The Balaban J connectivity index is 2.16. The number of ether oxygens (including phenoxy) is 1. The highest BCUT2D eigenvalue weighted by Crippen LogP contribution is 2.33. The fraction of sp³-hybridized carbons (Fsp3) is 0.412. The van der Waals surface area contributed by atoms with Crippen LogP contribution in [0.3, 0.4) is 0 Å². The highest BCUT2D eigenvalue weighted by molar-refractivity contribution is 5.86. The van der Waals surface area contributed by atoms with Crippen LogP contribution >= 0.6 is 0 Å². The minimum Gasteiger partial charge on any atom is -0.483 e. The number of hydrogen-bond donors (Lipinski definition) is 0. The number of rotatable bonds is 3. The molecule has 0 unspecified atom stereocenters. The van der Waals surface area contributed by atoms with Crippen LogP contribution in [-0.2, 0) is 17.6 Å². The molecule has 0 bridgehead atoms. The number of ketones is 1. The molecule has 1 heterocycles. The second-order valence-corrected chi connectivity index (χ2v) is 5.64. The third-order valence-corrected chi connectivity index (χ3v) is 4.22. The second-order valence-electron chi connectivity index (χ2n) is 5.64. The molecule has 0 saturated carbocycles. The molecule has 21 heavy (non-hydrogen) atoms. The molecule has 4 heteroatoms. The van der Waals surface area contributed by atoms with Crippen molar-refractivity contribution in [1.82, 2.24) is 0 Å². The van der Waals surface area contributed by atoms with E-state index in [4.69, 9.17) is 9.15 Å². The Hall–Kier alpha value is -2.10. The van der Waals surface area contributed by atoms with Gasteiger partial charge in [0.2, 0.25) is 0 Å². The van der Waals surface area contributed by atoms with E-state index in [0.29, 0.717) is 11.3 Å². The lowest BCUT2D eigenvalue weighted by atomic mass is 10.0. The zero-order chi connectivity index (χ0) is 15.1. The molecule has 0 aliphatic heterocycles. The van der Waals surface area contributed by atoms with Crippen molar-refractivity contribution >= 4 is 16.8 Å². The monoisotopic (exact) mass is 286 g/mol. The minimum absolute atomic E-state index is 0.0371. The van der Waals surface area contributed by atoms with Crippen LogP contribution in [-0.4, -0.2) is 11.9 Å². The van der Waals surface area contributed by atoms with Gasteiger partial charge in [-0.3, -0.25) is 4.79 Å². The van der Waals surface area contributed by atoms with Crippen LogP contribution in [0.25, 0.3) is 11.0 Å². The van der Waals surface area contributed by atoms with Gasteiger partial charge in [-0.1, -0.05) is 0 Å². The predicted molar refractivity (Wildman–Crippen MR) is 80.0 cm³/mol. The highest BCUT2D eigenvalue weighted by Gasteiger charge is 2.22. The first-order valence-electron chi connectivity index (χ1n) is 7.24. The van der Waals surface area contributed by atoms with E-state index in [-0.39, 0.29) is 11.4 Å². The number of hydrogen-bond acceptors (Lipinski definition) is 4. The molecule has 0 saturated heterocycles. The summed E-state index contributed by atoms with van der Waals surface area (Å²) < 4.78 is 11.2. The van der Waals surface area contributed by atoms with Crippen molar-refractivity contribution in [3.05, 3.63) is 39.2 Å². The average Bonchev–Trinajstić information content (AvgIpc) is 2.92. The molecule has 0 amide bonds. The van der Waals surface area contributed by atoms with Crippen LogP contribution in [0.15, 0.2) is 21.3 Å². The molecule has 110 valence electrons. The molecule has 1 aromatic heterocycles. The summed E-state index contributed by atoms with van der Waals surface area (Å²) in [7, 11) is 0. The van der Waals surface area contributed by atoms with Crippen LogP contribution in [0, 0.1) is 6.92 Å². The molecule has 3 rings (SSSR count). The van der Waals surface area contributed by atoms with Crippen molar-refractivity contribution in [2.24, 2.45) is 0 Å². The number of aryl methyl sites for hydroxylation is 2. The first kappa shape index (κ1) is 13.9. The summed E-state index contributed by atoms with van der Waals surface area (Å²) in [6, 6.07) is 3.79. The maximum absolute atomic E-state index is 12.1. The smallest absolute Gasteiger partial charge is 0.339 e. The Labute approximate surface area is 122 Å². The van der Waals surface area contributed by atoms with Crippen LogP contribution in [0.5, 0.6) is 5.75 Å². The van der Waals surface area contributed by atoms with Crippen molar-refractivity contribution in [3.63, 3.8) is 0 Å². The third kappa shape index (κ3) is 2.24. The van der Waals surface area contributed by atoms with E-state index in [1.807, 2.05) is 19.1 Å². The lowest BCUT2D eigenvalue weighted by molar-refractivity contribution is -0.122. The molecule has 2 aromatic rings. The van der Waals surface area contributed by atoms with E-state index in [1.165, 1.54) is 6.92 Å². The van der Waals surface area contributed by atoms with Crippen LogP contribution < -0.4 is 10.4 Å². The van der Waals surface area contributed by atoms with Gasteiger partial charge in [0.25, 0.3) is 0 Å². The Morgan fingerprint density at radius 2 is 2.00 bits per heavy atom. The van der Waals surface area contributed by atoms with Crippen molar-refractivity contribution in [3.8, 4) is 5.75 Å². The highest BCUT2D eigenvalue weighted by atomic mass is 16.5. The van der Waals surface area contributed by atoms with Crippen molar-refractivity contribution in [1.29, 1.82) is 0 Å². The molecular formula is C17H18O4. The van der Waals surface area contributed by atoms with Gasteiger partial charge in [0.15, 0.2) is 11.9 Å². The Morgan fingerprint density at radius 1 is 1.29 bits per heavy atom. The first-order valence-corrected chi connectivity index (χ1v) is 7.24. The van der Waals surface area contributed by atoms with Gasteiger partial charge in [-0.25, -0.2) is 4.79 Å². The van der Waals surface area contributed by atoms with Gasteiger partial charge in [-0.2, -0.15) is 0 Å². The van der Waals surface area contributed by atoms with Crippen molar-refractivity contribution < 1.29 is 13.9 Å². The first-order chi connectivity index (χ1) is 9.99. The molecule has 1 atom stereocenters. The van der Waals surface area contributed by atoms with E-state index in [1.54, 1.807) is 6.92 Å². The minimum atomic E-state index is -0.512. The largest absolute Gasteiger partial charge is 0.483 e. The average molecular weight is 286 g/mol. The lowest BCUT2D eigenvalue weighted by Gasteiger charge is -2.15. The number of Topliss-reactive ketones (excluding diaryl/α,β-unsaturated/α-hetero) is 1. The van der Waals surface area contributed by atoms with Crippen LogP contribution in [0.2, 0.25) is 0 Å². The molecular weight excluding hydrogens is 268 g/mol. The van der Waals surface area contributed by atoms with Gasteiger partial charge < -0.3 is 9.15 Å². The van der Waals surface area contributed by atoms with Gasteiger partial charge in [0, 0.05) is 16.5 Å². The Morgan fingerprint density at radius 3 is 2.71 bits per heavy atom. The molecule has 1 aliphatic carbocycles. The maximum Gasteiger partial charge on any atom is 0.339 e. The van der Waals surface area contributed by atoms with E-state index in [0.717, 1.165) is 41.3 Å². The van der Waals surface area contributed by atoms with E-state index >= 15 is 0 Å². The van der Waals surface area contributed by atoms with Crippen molar-refractivity contribution in [2.45, 2.75) is 46.1 Å². The van der Waals surface area contributed by atoms with Gasteiger partial charge in [-0.15, -0.1) is 0 Å². The topological polar surface area (TPSA) is 56.5 Å². The normalized spacial score (nSPS) is 15.0. The predicted octanol–water partition coefficient (Wildman–Crippen LogP) is 2.95. The lowest BCUT2D eigenvalue weighted by Crippen LogP contribution is -2.21. The number of carbonyl (C=O) groups is 1. The number of benzene rings is 1. The van der Waals surface area contributed by atoms with Crippen molar-refractivity contribution in [2.75, 3.05) is 0 Å². The summed E-state index contributed by atoms with van der Waals surface area (Å²) >= 11 is 0. The quantitative estimate of drug-likeness (QED) is 0.814.